The summed E-state index contributed by atoms with van der Waals surface area (Å²) in [7, 11) is 0. The van der Waals surface area contributed by atoms with Gasteiger partial charge in [-0.3, -0.25) is 4.79 Å². The highest BCUT2D eigenvalue weighted by molar-refractivity contribution is 5.93. The summed E-state index contributed by atoms with van der Waals surface area (Å²) in [5, 5.41) is 3.01. The van der Waals surface area contributed by atoms with Crippen LogP contribution in [0.25, 0.3) is 0 Å². The van der Waals surface area contributed by atoms with Gasteiger partial charge in [0.25, 0.3) is 0 Å². The fourth-order valence-electron chi connectivity index (χ4n) is 2.85. The summed E-state index contributed by atoms with van der Waals surface area (Å²) >= 11 is 0. The van der Waals surface area contributed by atoms with E-state index in [0.29, 0.717) is 5.92 Å². The zero-order valence-corrected chi connectivity index (χ0v) is 12.6. The van der Waals surface area contributed by atoms with Crippen LogP contribution in [0, 0.1) is 5.92 Å². The summed E-state index contributed by atoms with van der Waals surface area (Å²) in [4.78, 5) is 12.3. The Hall–Kier alpha value is -1.35. The summed E-state index contributed by atoms with van der Waals surface area (Å²) in [5.41, 5.74) is 8.25. The van der Waals surface area contributed by atoms with E-state index in [4.69, 9.17) is 5.73 Å². The first-order valence-electron chi connectivity index (χ1n) is 7.78. The molecular weight excluding hydrogens is 248 g/mol. The number of hydrogen-bond donors (Lipinski definition) is 2. The van der Waals surface area contributed by atoms with Crippen molar-refractivity contribution in [3.63, 3.8) is 0 Å². The van der Waals surface area contributed by atoms with Gasteiger partial charge in [-0.25, -0.2) is 0 Å². The molecule has 1 aromatic carbocycles. The van der Waals surface area contributed by atoms with Crippen LogP contribution in [0.4, 0.5) is 5.69 Å². The Labute approximate surface area is 121 Å². The molecule has 1 saturated carbocycles. The monoisotopic (exact) mass is 274 g/mol. The van der Waals surface area contributed by atoms with E-state index in [0.717, 1.165) is 37.8 Å². The lowest BCUT2D eigenvalue weighted by atomic mass is 9.84. The molecule has 0 bridgehead atoms. The van der Waals surface area contributed by atoms with Crippen LogP contribution < -0.4 is 11.1 Å². The zero-order chi connectivity index (χ0) is 14.5. The van der Waals surface area contributed by atoms with Gasteiger partial charge in [0.05, 0.1) is 5.92 Å². The van der Waals surface area contributed by atoms with Gasteiger partial charge in [-0.15, -0.1) is 0 Å². The van der Waals surface area contributed by atoms with Crippen LogP contribution in [0.1, 0.15) is 57.4 Å². The molecule has 1 amide bonds. The van der Waals surface area contributed by atoms with Gasteiger partial charge in [0, 0.05) is 11.7 Å². The average molecular weight is 274 g/mol. The molecule has 3 nitrogen and oxygen atoms in total. The SMILES string of the molecule is CCC(C)c1ccc(NC(=O)C2CCCCC2N)cc1. The Kier molecular flexibility index (Phi) is 5.18. The lowest BCUT2D eigenvalue weighted by molar-refractivity contribution is -0.121. The van der Waals surface area contributed by atoms with Crippen LogP contribution in [-0.4, -0.2) is 11.9 Å². The number of rotatable bonds is 4. The van der Waals surface area contributed by atoms with Crippen LogP contribution in [0.3, 0.4) is 0 Å². The molecule has 20 heavy (non-hydrogen) atoms. The molecule has 0 aliphatic heterocycles. The second kappa shape index (κ2) is 6.89. The molecule has 0 heterocycles. The predicted molar refractivity (Wildman–Crippen MR) is 83.7 cm³/mol. The molecular formula is C17H26N2O. The minimum Gasteiger partial charge on any atom is -0.327 e. The third-order valence-electron chi connectivity index (χ3n) is 4.52. The van der Waals surface area contributed by atoms with Crippen molar-refractivity contribution in [1.29, 1.82) is 0 Å². The third-order valence-corrected chi connectivity index (χ3v) is 4.52. The van der Waals surface area contributed by atoms with Crippen molar-refractivity contribution in [2.45, 2.75) is 57.9 Å². The van der Waals surface area contributed by atoms with Crippen molar-refractivity contribution in [3.05, 3.63) is 29.8 Å². The molecule has 1 aromatic rings. The van der Waals surface area contributed by atoms with Gasteiger partial charge in [-0.05, 0) is 42.9 Å². The number of hydrogen-bond acceptors (Lipinski definition) is 2. The van der Waals surface area contributed by atoms with E-state index < -0.39 is 0 Å². The summed E-state index contributed by atoms with van der Waals surface area (Å²) in [6.45, 7) is 4.40. The molecule has 0 aromatic heterocycles. The molecule has 3 N–H and O–H groups in total. The Morgan fingerprint density at radius 3 is 2.55 bits per heavy atom. The molecule has 3 unspecified atom stereocenters. The highest BCUT2D eigenvalue weighted by Crippen LogP contribution is 2.25. The number of nitrogens with one attached hydrogen (secondary N) is 1. The fourth-order valence-corrected chi connectivity index (χ4v) is 2.85. The van der Waals surface area contributed by atoms with E-state index in [1.807, 2.05) is 12.1 Å². The number of anilines is 1. The third kappa shape index (κ3) is 3.60. The van der Waals surface area contributed by atoms with Gasteiger partial charge in [-0.2, -0.15) is 0 Å². The molecule has 0 radical (unpaired) electrons. The van der Waals surface area contributed by atoms with Crippen molar-refractivity contribution < 1.29 is 4.79 Å². The fraction of sp³-hybridized carbons (Fsp3) is 0.588. The maximum atomic E-state index is 12.3. The zero-order valence-electron chi connectivity index (χ0n) is 12.6. The standard InChI is InChI=1S/C17H26N2O/c1-3-12(2)13-8-10-14(11-9-13)19-17(20)15-6-4-5-7-16(15)18/h8-12,15-16H,3-7,18H2,1-2H3,(H,19,20). The number of benzene rings is 1. The van der Waals surface area contributed by atoms with E-state index in [1.165, 1.54) is 5.56 Å². The van der Waals surface area contributed by atoms with Crippen LogP contribution in [0.15, 0.2) is 24.3 Å². The van der Waals surface area contributed by atoms with E-state index in [2.05, 4.69) is 31.3 Å². The van der Waals surface area contributed by atoms with Crippen molar-refractivity contribution in [2.75, 3.05) is 5.32 Å². The van der Waals surface area contributed by atoms with E-state index in [-0.39, 0.29) is 17.9 Å². The van der Waals surface area contributed by atoms with Crippen molar-refractivity contribution >= 4 is 11.6 Å². The Morgan fingerprint density at radius 1 is 1.30 bits per heavy atom. The lowest BCUT2D eigenvalue weighted by Crippen LogP contribution is -2.40. The number of carbonyl (C=O) groups excluding carboxylic acids is 1. The Balaban J connectivity index is 1.97. The van der Waals surface area contributed by atoms with Crippen molar-refractivity contribution in [2.24, 2.45) is 11.7 Å². The van der Waals surface area contributed by atoms with E-state index in [9.17, 15) is 4.79 Å². The molecule has 3 heteroatoms. The maximum Gasteiger partial charge on any atom is 0.229 e. The van der Waals surface area contributed by atoms with Gasteiger partial charge in [-0.1, -0.05) is 38.8 Å². The van der Waals surface area contributed by atoms with Crippen molar-refractivity contribution in [3.8, 4) is 0 Å². The smallest absolute Gasteiger partial charge is 0.229 e. The molecule has 0 saturated heterocycles. The molecule has 110 valence electrons. The van der Waals surface area contributed by atoms with Crippen LogP contribution in [0.2, 0.25) is 0 Å². The first-order valence-corrected chi connectivity index (χ1v) is 7.78. The minimum absolute atomic E-state index is 0.0168. The molecule has 2 rings (SSSR count). The summed E-state index contributed by atoms with van der Waals surface area (Å²) in [6, 6.07) is 8.21. The second-order valence-electron chi connectivity index (χ2n) is 5.98. The highest BCUT2D eigenvalue weighted by Gasteiger charge is 2.28. The van der Waals surface area contributed by atoms with E-state index >= 15 is 0 Å². The maximum absolute atomic E-state index is 12.3. The summed E-state index contributed by atoms with van der Waals surface area (Å²) in [6.07, 6.45) is 5.26. The first kappa shape index (κ1) is 15.0. The van der Waals surface area contributed by atoms with Gasteiger partial charge in [0.1, 0.15) is 0 Å². The first-order chi connectivity index (χ1) is 9.61. The Bertz CT molecular complexity index is 441. The van der Waals surface area contributed by atoms with Crippen LogP contribution >= 0.6 is 0 Å². The summed E-state index contributed by atoms with van der Waals surface area (Å²) in [5.74, 6) is 0.609. The van der Waals surface area contributed by atoms with Crippen LogP contribution in [-0.2, 0) is 4.79 Å². The molecule has 1 fully saturated rings. The number of nitrogens with two attached hydrogens (primary N) is 1. The quantitative estimate of drug-likeness (QED) is 0.880. The molecule has 1 aliphatic rings. The largest absolute Gasteiger partial charge is 0.327 e. The molecule has 3 atom stereocenters. The molecule has 1 aliphatic carbocycles. The van der Waals surface area contributed by atoms with E-state index in [1.54, 1.807) is 0 Å². The highest BCUT2D eigenvalue weighted by atomic mass is 16.1. The van der Waals surface area contributed by atoms with Crippen molar-refractivity contribution in [1.82, 2.24) is 0 Å². The topological polar surface area (TPSA) is 55.1 Å². The van der Waals surface area contributed by atoms with Gasteiger partial charge < -0.3 is 11.1 Å². The summed E-state index contributed by atoms with van der Waals surface area (Å²) < 4.78 is 0. The lowest BCUT2D eigenvalue weighted by Gasteiger charge is -2.27. The van der Waals surface area contributed by atoms with Crippen LogP contribution in [0.5, 0.6) is 0 Å². The molecule has 0 spiro atoms. The minimum atomic E-state index is -0.0296. The Morgan fingerprint density at radius 2 is 1.95 bits per heavy atom. The number of carbonyl (C=O) groups is 1. The second-order valence-corrected chi connectivity index (χ2v) is 5.98. The average Bonchev–Trinajstić information content (AvgIpc) is 2.47. The predicted octanol–water partition coefficient (Wildman–Crippen LogP) is 3.66. The van der Waals surface area contributed by atoms with Gasteiger partial charge >= 0.3 is 0 Å². The van der Waals surface area contributed by atoms with Gasteiger partial charge in [0.2, 0.25) is 5.91 Å². The van der Waals surface area contributed by atoms with Gasteiger partial charge in [0.15, 0.2) is 0 Å². The normalized spacial score (nSPS) is 24.1. The number of amides is 1.